The van der Waals surface area contributed by atoms with Crippen LogP contribution in [-0.4, -0.2) is 60.9 Å². The first-order valence-electron chi connectivity index (χ1n) is 8.50. The number of hydrogen-bond acceptors (Lipinski definition) is 4. The molecule has 4 nitrogen and oxygen atoms in total. The van der Waals surface area contributed by atoms with Gasteiger partial charge in [-0.2, -0.15) is 0 Å². The SMILES string of the molecule is NCC(C=O)N1CCC(N2CCC(c3ccccc3)CC2)C1. The first kappa shape index (κ1) is 15.7. The van der Waals surface area contributed by atoms with E-state index in [0.717, 1.165) is 19.4 Å². The molecular weight excluding hydrogens is 274 g/mol. The molecule has 0 spiro atoms. The topological polar surface area (TPSA) is 49.6 Å². The average Bonchev–Trinajstić information content (AvgIpc) is 3.07. The number of aldehydes is 1. The minimum atomic E-state index is -0.0909. The van der Waals surface area contributed by atoms with E-state index < -0.39 is 0 Å². The van der Waals surface area contributed by atoms with E-state index in [0.29, 0.717) is 18.5 Å². The van der Waals surface area contributed by atoms with Crippen LogP contribution in [0.4, 0.5) is 0 Å². The Bertz CT molecular complexity index is 470. The van der Waals surface area contributed by atoms with E-state index in [-0.39, 0.29) is 6.04 Å². The van der Waals surface area contributed by atoms with Crippen molar-refractivity contribution in [1.29, 1.82) is 0 Å². The third-order valence-corrected chi connectivity index (χ3v) is 5.38. The van der Waals surface area contributed by atoms with Gasteiger partial charge in [0.05, 0.1) is 6.04 Å². The first-order valence-corrected chi connectivity index (χ1v) is 8.50. The Morgan fingerprint density at radius 1 is 1.14 bits per heavy atom. The van der Waals surface area contributed by atoms with Crippen molar-refractivity contribution < 1.29 is 4.79 Å². The molecule has 2 saturated heterocycles. The van der Waals surface area contributed by atoms with Crippen LogP contribution in [0.15, 0.2) is 30.3 Å². The molecule has 2 unspecified atom stereocenters. The van der Waals surface area contributed by atoms with E-state index in [2.05, 4.69) is 40.1 Å². The maximum atomic E-state index is 11.1. The van der Waals surface area contributed by atoms with Gasteiger partial charge in [0, 0.05) is 25.7 Å². The van der Waals surface area contributed by atoms with Crippen molar-refractivity contribution in [3.63, 3.8) is 0 Å². The number of benzene rings is 1. The smallest absolute Gasteiger partial charge is 0.138 e. The van der Waals surface area contributed by atoms with E-state index >= 15 is 0 Å². The Labute approximate surface area is 133 Å². The van der Waals surface area contributed by atoms with Crippen LogP contribution in [0.3, 0.4) is 0 Å². The van der Waals surface area contributed by atoms with E-state index in [9.17, 15) is 4.79 Å². The molecule has 2 aliphatic heterocycles. The predicted molar refractivity (Wildman–Crippen MR) is 88.9 cm³/mol. The predicted octanol–water partition coefficient (Wildman–Crippen LogP) is 1.47. The van der Waals surface area contributed by atoms with E-state index in [4.69, 9.17) is 5.73 Å². The highest BCUT2D eigenvalue weighted by molar-refractivity contribution is 5.58. The molecule has 0 aliphatic carbocycles. The summed E-state index contributed by atoms with van der Waals surface area (Å²) < 4.78 is 0. The summed E-state index contributed by atoms with van der Waals surface area (Å²) in [5, 5.41) is 0. The Kier molecular flexibility index (Phi) is 5.24. The van der Waals surface area contributed by atoms with Gasteiger partial charge in [0.1, 0.15) is 6.29 Å². The molecule has 1 aromatic carbocycles. The molecule has 0 amide bonds. The van der Waals surface area contributed by atoms with E-state index in [1.54, 1.807) is 0 Å². The van der Waals surface area contributed by atoms with Gasteiger partial charge in [0.25, 0.3) is 0 Å². The van der Waals surface area contributed by atoms with Crippen molar-refractivity contribution in [3.8, 4) is 0 Å². The fourth-order valence-corrected chi connectivity index (χ4v) is 3.98. The molecule has 22 heavy (non-hydrogen) atoms. The van der Waals surface area contributed by atoms with Crippen LogP contribution >= 0.6 is 0 Å². The summed E-state index contributed by atoms with van der Waals surface area (Å²) in [7, 11) is 0. The number of piperidine rings is 1. The quantitative estimate of drug-likeness (QED) is 0.837. The highest BCUT2D eigenvalue weighted by Gasteiger charge is 2.33. The van der Waals surface area contributed by atoms with Gasteiger partial charge in [0.15, 0.2) is 0 Å². The molecule has 2 atom stereocenters. The lowest BCUT2D eigenvalue weighted by molar-refractivity contribution is -0.111. The number of carbonyl (C=O) groups excluding carboxylic acids is 1. The Hall–Kier alpha value is -1.23. The Balaban J connectivity index is 1.51. The monoisotopic (exact) mass is 301 g/mol. The van der Waals surface area contributed by atoms with E-state index in [1.807, 2.05) is 0 Å². The lowest BCUT2D eigenvalue weighted by Crippen LogP contribution is -2.45. The molecular formula is C18H27N3O. The van der Waals surface area contributed by atoms with Gasteiger partial charge < -0.3 is 10.5 Å². The zero-order valence-electron chi connectivity index (χ0n) is 13.2. The van der Waals surface area contributed by atoms with Crippen LogP contribution in [0.25, 0.3) is 0 Å². The summed E-state index contributed by atoms with van der Waals surface area (Å²) in [5.74, 6) is 0.710. The average molecular weight is 301 g/mol. The summed E-state index contributed by atoms with van der Waals surface area (Å²) >= 11 is 0. The van der Waals surface area contributed by atoms with Gasteiger partial charge in [-0.25, -0.2) is 0 Å². The lowest BCUT2D eigenvalue weighted by Gasteiger charge is -2.36. The Morgan fingerprint density at radius 2 is 1.86 bits per heavy atom. The standard InChI is InChI=1S/C18H27N3O/c19-12-18(14-22)21-11-8-17(13-21)20-9-6-16(7-10-20)15-4-2-1-3-5-15/h1-5,14,16-18H,6-13,19H2. The third-order valence-electron chi connectivity index (χ3n) is 5.38. The molecule has 0 radical (unpaired) electrons. The van der Waals surface area contributed by atoms with Crippen molar-refractivity contribution in [2.24, 2.45) is 5.73 Å². The van der Waals surface area contributed by atoms with E-state index in [1.165, 1.54) is 37.9 Å². The fourth-order valence-electron chi connectivity index (χ4n) is 3.98. The summed E-state index contributed by atoms with van der Waals surface area (Å²) in [6.45, 7) is 4.78. The number of carbonyl (C=O) groups is 1. The summed E-state index contributed by atoms with van der Waals surface area (Å²) in [4.78, 5) is 15.9. The number of nitrogens with zero attached hydrogens (tertiary/aromatic N) is 2. The maximum absolute atomic E-state index is 11.1. The molecule has 2 heterocycles. The molecule has 3 rings (SSSR count). The highest BCUT2D eigenvalue weighted by atomic mass is 16.1. The van der Waals surface area contributed by atoms with Crippen molar-refractivity contribution >= 4 is 6.29 Å². The second kappa shape index (κ2) is 7.36. The zero-order valence-corrected chi connectivity index (χ0v) is 13.2. The summed E-state index contributed by atoms with van der Waals surface area (Å²) in [6.07, 6.45) is 4.66. The normalized spacial score (nSPS) is 26.1. The van der Waals surface area contributed by atoms with Crippen LogP contribution in [0.5, 0.6) is 0 Å². The summed E-state index contributed by atoms with van der Waals surface area (Å²) in [5.41, 5.74) is 7.17. The highest BCUT2D eigenvalue weighted by Crippen LogP contribution is 2.30. The first-order chi connectivity index (χ1) is 10.8. The number of likely N-dealkylation sites (tertiary alicyclic amines) is 2. The van der Waals surface area contributed by atoms with Gasteiger partial charge in [-0.3, -0.25) is 9.80 Å². The number of hydrogen-bond donors (Lipinski definition) is 1. The number of rotatable bonds is 5. The molecule has 1 aromatic rings. The molecule has 2 N–H and O–H groups in total. The molecule has 0 saturated carbocycles. The second-order valence-corrected chi connectivity index (χ2v) is 6.60. The lowest BCUT2D eigenvalue weighted by atomic mass is 9.89. The minimum Gasteiger partial charge on any atom is -0.328 e. The van der Waals surface area contributed by atoms with Gasteiger partial charge >= 0.3 is 0 Å². The Morgan fingerprint density at radius 3 is 2.50 bits per heavy atom. The molecule has 2 aliphatic rings. The molecule has 0 aromatic heterocycles. The van der Waals surface area contributed by atoms with Crippen molar-refractivity contribution in [2.45, 2.75) is 37.3 Å². The summed E-state index contributed by atoms with van der Waals surface area (Å²) in [6, 6.07) is 11.4. The molecule has 2 fully saturated rings. The molecule has 120 valence electrons. The third kappa shape index (κ3) is 3.40. The van der Waals surface area contributed by atoms with Crippen molar-refractivity contribution in [1.82, 2.24) is 9.80 Å². The van der Waals surface area contributed by atoms with Gasteiger partial charge in [-0.1, -0.05) is 30.3 Å². The number of nitrogens with two attached hydrogens (primary N) is 1. The van der Waals surface area contributed by atoms with Crippen LogP contribution < -0.4 is 5.73 Å². The second-order valence-electron chi connectivity index (χ2n) is 6.60. The maximum Gasteiger partial charge on any atom is 0.138 e. The van der Waals surface area contributed by atoms with Crippen molar-refractivity contribution in [2.75, 3.05) is 32.7 Å². The minimum absolute atomic E-state index is 0.0909. The zero-order chi connectivity index (χ0) is 15.4. The molecule has 4 heteroatoms. The van der Waals surface area contributed by atoms with Gasteiger partial charge in [0.2, 0.25) is 0 Å². The van der Waals surface area contributed by atoms with Crippen LogP contribution in [-0.2, 0) is 4.79 Å². The van der Waals surface area contributed by atoms with Crippen LogP contribution in [0.2, 0.25) is 0 Å². The van der Waals surface area contributed by atoms with Gasteiger partial charge in [-0.05, 0) is 43.8 Å². The van der Waals surface area contributed by atoms with Gasteiger partial charge in [-0.15, -0.1) is 0 Å². The van der Waals surface area contributed by atoms with Crippen LogP contribution in [0, 0.1) is 0 Å². The fraction of sp³-hybridized carbons (Fsp3) is 0.611. The van der Waals surface area contributed by atoms with Crippen LogP contribution in [0.1, 0.15) is 30.7 Å². The van der Waals surface area contributed by atoms with Crippen molar-refractivity contribution in [3.05, 3.63) is 35.9 Å². The largest absolute Gasteiger partial charge is 0.328 e. The molecule has 0 bridgehead atoms.